The number of hydrogen-bond donors (Lipinski definition) is 2. The van der Waals surface area contributed by atoms with Crippen LogP contribution in [0.15, 0.2) is 0 Å². The molecule has 1 aliphatic rings. The van der Waals surface area contributed by atoms with Crippen LogP contribution >= 0.6 is 0 Å². The zero-order valence-corrected chi connectivity index (χ0v) is 10.3. The van der Waals surface area contributed by atoms with Gasteiger partial charge in [0.05, 0.1) is 6.42 Å². The number of carbonyl (C=O) groups is 2. The van der Waals surface area contributed by atoms with E-state index in [1.54, 1.807) is 6.92 Å². The fourth-order valence-corrected chi connectivity index (χ4v) is 3.22. The summed E-state index contributed by atoms with van der Waals surface area (Å²) in [5.74, 6) is -0.806. The lowest BCUT2D eigenvalue weighted by atomic mass is 10.1. The van der Waals surface area contributed by atoms with Crippen molar-refractivity contribution in [2.45, 2.75) is 31.4 Å². The zero-order chi connectivity index (χ0) is 12.3. The van der Waals surface area contributed by atoms with Crippen LogP contribution in [0.5, 0.6) is 0 Å². The molecule has 0 aromatic carbocycles. The largest absolute Gasteiger partial charge is 0.481 e. The lowest BCUT2D eigenvalue weighted by molar-refractivity contribution is -0.138. The summed E-state index contributed by atoms with van der Waals surface area (Å²) in [4.78, 5) is 21.9. The molecule has 5 nitrogen and oxygen atoms in total. The average molecular weight is 247 g/mol. The molecule has 0 aliphatic heterocycles. The summed E-state index contributed by atoms with van der Waals surface area (Å²) in [5, 5.41) is 10.6. The van der Waals surface area contributed by atoms with Gasteiger partial charge in [-0.05, 0) is 25.2 Å². The third kappa shape index (κ3) is 3.30. The summed E-state index contributed by atoms with van der Waals surface area (Å²) >= 11 is 0. The monoisotopic (exact) mass is 247 g/mol. The molecule has 1 fully saturated rings. The average Bonchev–Trinajstić information content (AvgIpc) is 2.94. The van der Waals surface area contributed by atoms with Crippen LogP contribution in [0.3, 0.4) is 0 Å². The highest BCUT2D eigenvalue weighted by Gasteiger charge is 2.46. The van der Waals surface area contributed by atoms with Crippen LogP contribution in [0.1, 0.15) is 26.2 Å². The van der Waals surface area contributed by atoms with E-state index in [1.165, 1.54) is 7.05 Å². The Morgan fingerprint density at radius 1 is 1.50 bits per heavy atom. The van der Waals surface area contributed by atoms with E-state index >= 15 is 0 Å². The minimum absolute atomic E-state index is 0.0548. The molecule has 0 saturated heterocycles. The summed E-state index contributed by atoms with van der Waals surface area (Å²) < 4.78 is 11.8. The highest BCUT2D eigenvalue weighted by atomic mass is 32.2. The molecule has 0 heterocycles. The Labute approximate surface area is 97.1 Å². The number of aliphatic carboxylic acids is 1. The highest BCUT2D eigenvalue weighted by molar-refractivity contribution is 7.86. The van der Waals surface area contributed by atoms with Gasteiger partial charge in [0.25, 0.3) is 0 Å². The molecule has 1 aliphatic carbocycles. The van der Waals surface area contributed by atoms with Gasteiger partial charge in [-0.25, -0.2) is 0 Å². The van der Waals surface area contributed by atoms with Crippen LogP contribution in [-0.4, -0.2) is 39.2 Å². The van der Waals surface area contributed by atoms with E-state index in [0.29, 0.717) is 5.75 Å². The van der Waals surface area contributed by atoms with Crippen LogP contribution in [0.2, 0.25) is 0 Å². The van der Waals surface area contributed by atoms with Crippen molar-refractivity contribution < 1.29 is 18.9 Å². The molecular formula is C10H17NO4S. The second kappa shape index (κ2) is 4.95. The summed E-state index contributed by atoms with van der Waals surface area (Å²) in [6.45, 7) is 1.60. The second-order valence-corrected chi connectivity index (χ2v) is 6.11. The molecule has 16 heavy (non-hydrogen) atoms. The molecule has 1 rings (SSSR count). The fraction of sp³-hybridized carbons (Fsp3) is 0.800. The summed E-state index contributed by atoms with van der Waals surface area (Å²) in [5.41, 5.74) is -0.320. The first-order valence-corrected chi connectivity index (χ1v) is 6.59. The Hall–Kier alpha value is -0.910. The maximum absolute atomic E-state index is 11.8. The van der Waals surface area contributed by atoms with Crippen molar-refractivity contribution in [2.75, 3.05) is 12.8 Å². The van der Waals surface area contributed by atoms with Crippen LogP contribution in [0.25, 0.3) is 0 Å². The maximum Gasteiger partial charge on any atom is 0.303 e. The van der Waals surface area contributed by atoms with Gasteiger partial charge in [-0.1, -0.05) is 0 Å². The molecule has 1 saturated carbocycles. The lowest BCUT2D eigenvalue weighted by Crippen LogP contribution is -2.35. The third-order valence-electron chi connectivity index (χ3n) is 2.94. The predicted octanol–water partition coefficient (Wildman–Crippen LogP) is 0.124. The topological polar surface area (TPSA) is 83.5 Å². The zero-order valence-electron chi connectivity index (χ0n) is 9.49. The highest BCUT2D eigenvalue weighted by Crippen LogP contribution is 2.49. The number of carboxylic acids is 1. The van der Waals surface area contributed by atoms with Gasteiger partial charge in [0.1, 0.15) is 5.25 Å². The van der Waals surface area contributed by atoms with Crippen molar-refractivity contribution in [3.63, 3.8) is 0 Å². The van der Waals surface area contributed by atoms with Gasteiger partial charge < -0.3 is 10.4 Å². The molecular weight excluding hydrogens is 230 g/mol. The molecule has 2 atom stereocenters. The molecule has 0 aromatic heterocycles. The van der Waals surface area contributed by atoms with E-state index in [4.69, 9.17) is 5.11 Å². The number of carboxylic acid groups (broad SMARTS) is 1. The molecule has 0 bridgehead atoms. The predicted molar refractivity (Wildman–Crippen MR) is 60.5 cm³/mol. The van der Waals surface area contributed by atoms with Crippen LogP contribution < -0.4 is 5.32 Å². The van der Waals surface area contributed by atoms with Crippen LogP contribution in [0, 0.1) is 5.41 Å². The van der Waals surface area contributed by atoms with Crippen molar-refractivity contribution in [3.05, 3.63) is 0 Å². The second-order valence-electron chi connectivity index (χ2n) is 4.35. The molecule has 2 unspecified atom stereocenters. The molecule has 92 valence electrons. The number of rotatable bonds is 6. The quantitative estimate of drug-likeness (QED) is 0.698. The van der Waals surface area contributed by atoms with Crippen molar-refractivity contribution in [2.24, 2.45) is 5.41 Å². The number of carbonyl (C=O) groups excluding carboxylic acids is 1. The Balaban J connectivity index is 2.51. The Kier molecular flexibility index (Phi) is 4.07. The van der Waals surface area contributed by atoms with Crippen LogP contribution in [0.4, 0.5) is 0 Å². The SMILES string of the molecule is CNC(=O)C(C)S(=O)CC1(CC(=O)O)CC1. The Bertz CT molecular complexity index is 325. The van der Waals surface area contributed by atoms with E-state index in [-0.39, 0.29) is 17.7 Å². The third-order valence-corrected chi connectivity index (χ3v) is 4.84. The molecule has 0 spiro atoms. The molecule has 6 heteroatoms. The molecule has 0 aromatic rings. The summed E-state index contributed by atoms with van der Waals surface area (Å²) in [6.07, 6.45) is 1.65. The minimum Gasteiger partial charge on any atom is -0.481 e. The van der Waals surface area contributed by atoms with E-state index in [1.807, 2.05) is 0 Å². The number of amides is 1. The van der Waals surface area contributed by atoms with Crippen molar-refractivity contribution in [1.82, 2.24) is 5.32 Å². The summed E-state index contributed by atoms with van der Waals surface area (Å²) in [6, 6.07) is 0. The standard InChI is InChI=1S/C10H17NO4S/c1-7(9(14)11-2)16(15)6-10(3-4-10)5-8(12)13/h7H,3-6H2,1-2H3,(H,11,14)(H,12,13). The van der Waals surface area contributed by atoms with Crippen molar-refractivity contribution >= 4 is 22.7 Å². The first-order chi connectivity index (χ1) is 7.40. The smallest absolute Gasteiger partial charge is 0.303 e. The minimum atomic E-state index is -1.29. The summed E-state index contributed by atoms with van der Waals surface area (Å²) in [7, 11) is 0.207. The first kappa shape index (κ1) is 13.2. The normalized spacial score (nSPS) is 20.9. The van der Waals surface area contributed by atoms with Crippen molar-refractivity contribution in [3.8, 4) is 0 Å². The lowest BCUT2D eigenvalue weighted by Gasteiger charge is -2.15. The molecule has 0 radical (unpaired) electrons. The van der Waals surface area contributed by atoms with E-state index in [0.717, 1.165) is 12.8 Å². The number of nitrogens with one attached hydrogen (secondary N) is 1. The van der Waals surface area contributed by atoms with Gasteiger partial charge in [0.2, 0.25) is 5.91 Å². The van der Waals surface area contributed by atoms with Gasteiger partial charge in [-0.15, -0.1) is 0 Å². The van der Waals surface area contributed by atoms with Gasteiger partial charge in [0.15, 0.2) is 0 Å². The van der Waals surface area contributed by atoms with Gasteiger partial charge in [-0.3, -0.25) is 13.8 Å². The van der Waals surface area contributed by atoms with Gasteiger partial charge >= 0.3 is 5.97 Å². The van der Waals surface area contributed by atoms with Gasteiger partial charge in [0, 0.05) is 23.6 Å². The Morgan fingerprint density at radius 2 is 2.06 bits per heavy atom. The number of hydrogen-bond acceptors (Lipinski definition) is 3. The fourth-order valence-electron chi connectivity index (χ4n) is 1.62. The van der Waals surface area contributed by atoms with Crippen molar-refractivity contribution in [1.29, 1.82) is 0 Å². The maximum atomic E-state index is 11.8. The van der Waals surface area contributed by atoms with E-state index in [2.05, 4.69) is 5.32 Å². The van der Waals surface area contributed by atoms with Crippen LogP contribution in [-0.2, 0) is 20.4 Å². The van der Waals surface area contributed by atoms with Gasteiger partial charge in [-0.2, -0.15) is 0 Å². The van der Waals surface area contributed by atoms with E-state index in [9.17, 15) is 13.8 Å². The first-order valence-electron chi connectivity index (χ1n) is 5.21. The Morgan fingerprint density at radius 3 is 2.44 bits per heavy atom. The molecule has 2 N–H and O–H groups in total. The van der Waals surface area contributed by atoms with E-state index < -0.39 is 22.0 Å². The molecule has 1 amide bonds.